The van der Waals surface area contributed by atoms with Crippen LogP contribution in [-0.2, 0) is 6.42 Å². The summed E-state index contributed by atoms with van der Waals surface area (Å²) in [6.07, 6.45) is 6.13. The molecule has 3 aromatic rings. The van der Waals surface area contributed by atoms with E-state index in [9.17, 15) is 4.79 Å². The van der Waals surface area contributed by atoms with Gasteiger partial charge in [-0.2, -0.15) is 0 Å². The van der Waals surface area contributed by atoms with E-state index in [2.05, 4.69) is 21.9 Å². The second-order valence-corrected chi connectivity index (χ2v) is 6.75. The van der Waals surface area contributed by atoms with Crippen molar-refractivity contribution in [2.75, 3.05) is 13.1 Å². The van der Waals surface area contributed by atoms with Crippen LogP contribution in [0.15, 0.2) is 48.8 Å². The fourth-order valence-corrected chi connectivity index (χ4v) is 3.30. The van der Waals surface area contributed by atoms with E-state index in [0.717, 1.165) is 35.7 Å². The van der Waals surface area contributed by atoms with E-state index in [4.69, 9.17) is 4.74 Å². The number of amides is 1. The summed E-state index contributed by atoms with van der Waals surface area (Å²) in [5.41, 5.74) is 2.38. The maximum absolute atomic E-state index is 12.9. The second kappa shape index (κ2) is 7.70. The number of aromatic nitrogens is 3. The molecule has 0 N–H and O–H groups in total. The average Bonchev–Trinajstić information content (AvgIpc) is 2.73. The van der Waals surface area contributed by atoms with E-state index < -0.39 is 0 Å². The first-order valence-electron chi connectivity index (χ1n) is 9.35. The Labute approximate surface area is 158 Å². The molecular formula is C21H22N4O2. The third-order valence-electron chi connectivity index (χ3n) is 4.84. The van der Waals surface area contributed by atoms with Crippen molar-refractivity contribution in [3.8, 4) is 6.01 Å². The fourth-order valence-electron chi connectivity index (χ4n) is 3.30. The SMILES string of the molecule is CCc1cnc(OC2CCCN(C(=O)c3ccc4ccccc4n3)C2)nc1. The summed E-state index contributed by atoms with van der Waals surface area (Å²) in [6, 6.07) is 11.9. The molecule has 3 heterocycles. The predicted molar refractivity (Wildman–Crippen MR) is 103 cm³/mol. The van der Waals surface area contributed by atoms with Gasteiger partial charge in [0.15, 0.2) is 0 Å². The number of fused-ring (bicyclic) bond motifs is 1. The van der Waals surface area contributed by atoms with Gasteiger partial charge in [0.05, 0.1) is 12.1 Å². The molecule has 0 saturated carbocycles. The number of pyridine rings is 1. The smallest absolute Gasteiger partial charge is 0.316 e. The number of aryl methyl sites for hydroxylation is 1. The molecule has 1 atom stereocenters. The fraction of sp³-hybridized carbons (Fsp3) is 0.333. The third kappa shape index (κ3) is 3.89. The molecule has 1 aromatic carbocycles. The van der Waals surface area contributed by atoms with Crippen molar-refractivity contribution in [3.05, 3.63) is 60.0 Å². The zero-order chi connectivity index (χ0) is 18.6. The molecule has 0 aliphatic carbocycles. The summed E-state index contributed by atoms with van der Waals surface area (Å²) < 4.78 is 5.90. The molecule has 27 heavy (non-hydrogen) atoms. The lowest BCUT2D eigenvalue weighted by atomic mass is 10.1. The first-order valence-corrected chi connectivity index (χ1v) is 9.35. The van der Waals surface area contributed by atoms with E-state index in [0.29, 0.717) is 24.8 Å². The van der Waals surface area contributed by atoms with Gasteiger partial charge >= 0.3 is 6.01 Å². The molecule has 1 aliphatic rings. The molecule has 1 saturated heterocycles. The van der Waals surface area contributed by atoms with Gasteiger partial charge in [0.25, 0.3) is 5.91 Å². The second-order valence-electron chi connectivity index (χ2n) is 6.75. The van der Waals surface area contributed by atoms with Crippen molar-refractivity contribution in [2.24, 2.45) is 0 Å². The lowest BCUT2D eigenvalue weighted by Crippen LogP contribution is -2.44. The van der Waals surface area contributed by atoms with Gasteiger partial charge in [-0.15, -0.1) is 0 Å². The zero-order valence-corrected chi connectivity index (χ0v) is 15.3. The van der Waals surface area contributed by atoms with Crippen LogP contribution in [0.5, 0.6) is 6.01 Å². The van der Waals surface area contributed by atoms with Crippen LogP contribution in [0.25, 0.3) is 10.9 Å². The highest BCUT2D eigenvalue weighted by molar-refractivity contribution is 5.95. The van der Waals surface area contributed by atoms with Gasteiger partial charge in [0.1, 0.15) is 11.8 Å². The molecule has 0 bridgehead atoms. The molecule has 1 fully saturated rings. The van der Waals surface area contributed by atoms with E-state index in [1.54, 1.807) is 18.5 Å². The largest absolute Gasteiger partial charge is 0.458 e. The quantitative estimate of drug-likeness (QED) is 0.712. The van der Waals surface area contributed by atoms with Crippen molar-refractivity contribution in [1.82, 2.24) is 19.9 Å². The number of para-hydroxylation sites is 1. The molecule has 2 aromatic heterocycles. The van der Waals surface area contributed by atoms with Gasteiger partial charge in [-0.25, -0.2) is 15.0 Å². The molecule has 6 nitrogen and oxygen atoms in total. The first-order chi connectivity index (χ1) is 13.2. The molecule has 1 amide bonds. The first kappa shape index (κ1) is 17.4. The van der Waals surface area contributed by atoms with Crippen molar-refractivity contribution >= 4 is 16.8 Å². The van der Waals surface area contributed by atoms with Gasteiger partial charge in [0, 0.05) is 24.3 Å². The molecule has 0 spiro atoms. The Balaban J connectivity index is 1.45. The molecule has 1 aliphatic heterocycles. The lowest BCUT2D eigenvalue weighted by Gasteiger charge is -2.32. The van der Waals surface area contributed by atoms with Crippen molar-refractivity contribution < 1.29 is 9.53 Å². The topological polar surface area (TPSA) is 68.2 Å². The highest BCUT2D eigenvalue weighted by Gasteiger charge is 2.27. The van der Waals surface area contributed by atoms with Crippen LogP contribution in [0.2, 0.25) is 0 Å². The predicted octanol–water partition coefficient (Wildman–Crippen LogP) is 3.27. The summed E-state index contributed by atoms with van der Waals surface area (Å²) in [7, 11) is 0. The van der Waals surface area contributed by atoms with Crippen LogP contribution < -0.4 is 4.74 Å². The number of likely N-dealkylation sites (tertiary alicyclic amines) is 1. The Morgan fingerprint density at radius 3 is 2.81 bits per heavy atom. The van der Waals surface area contributed by atoms with Crippen LogP contribution in [-0.4, -0.2) is 45.0 Å². The highest BCUT2D eigenvalue weighted by atomic mass is 16.5. The van der Waals surface area contributed by atoms with E-state index in [1.807, 2.05) is 35.2 Å². The number of hydrogen-bond donors (Lipinski definition) is 0. The summed E-state index contributed by atoms with van der Waals surface area (Å²) >= 11 is 0. The minimum Gasteiger partial charge on any atom is -0.458 e. The number of carbonyl (C=O) groups excluding carboxylic acids is 1. The average molecular weight is 362 g/mol. The minimum absolute atomic E-state index is 0.0590. The van der Waals surface area contributed by atoms with Gasteiger partial charge < -0.3 is 9.64 Å². The van der Waals surface area contributed by atoms with Gasteiger partial charge in [-0.1, -0.05) is 31.2 Å². The van der Waals surface area contributed by atoms with Gasteiger partial charge in [-0.3, -0.25) is 4.79 Å². The van der Waals surface area contributed by atoms with E-state index >= 15 is 0 Å². The monoisotopic (exact) mass is 362 g/mol. The molecule has 138 valence electrons. The van der Waals surface area contributed by atoms with Crippen LogP contribution in [0.3, 0.4) is 0 Å². The number of piperidine rings is 1. The van der Waals surface area contributed by atoms with Crippen LogP contribution in [0.4, 0.5) is 0 Å². The highest BCUT2D eigenvalue weighted by Crippen LogP contribution is 2.19. The molecular weight excluding hydrogens is 340 g/mol. The van der Waals surface area contributed by atoms with Gasteiger partial charge in [-0.05, 0) is 37.0 Å². The number of carbonyl (C=O) groups is 1. The lowest BCUT2D eigenvalue weighted by molar-refractivity contribution is 0.0511. The zero-order valence-electron chi connectivity index (χ0n) is 15.3. The number of rotatable bonds is 4. The number of hydrogen-bond acceptors (Lipinski definition) is 5. The number of benzene rings is 1. The van der Waals surface area contributed by atoms with E-state index in [-0.39, 0.29) is 12.0 Å². The summed E-state index contributed by atoms with van der Waals surface area (Å²) in [5, 5.41) is 1.03. The van der Waals surface area contributed by atoms with Crippen molar-refractivity contribution in [3.63, 3.8) is 0 Å². The van der Waals surface area contributed by atoms with Crippen molar-refractivity contribution in [1.29, 1.82) is 0 Å². The summed E-state index contributed by atoms with van der Waals surface area (Å²) in [4.78, 5) is 27.7. The summed E-state index contributed by atoms with van der Waals surface area (Å²) in [6.45, 7) is 3.29. The van der Waals surface area contributed by atoms with Crippen LogP contribution in [0, 0.1) is 0 Å². The Morgan fingerprint density at radius 1 is 1.19 bits per heavy atom. The normalized spacial score (nSPS) is 17.1. The Hall–Kier alpha value is -3.02. The van der Waals surface area contributed by atoms with Crippen molar-refractivity contribution in [2.45, 2.75) is 32.3 Å². The third-order valence-corrected chi connectivity index (χ3v) is 4.84. The molecule has 0 radical (unpaired) electrons. The maximum Gasteiger partial charge on any atom is 0.316 e. The van der Waals surface area contributed by atoms with Crippen LogP contribution in [0.1, 0.15) is 35.8 Å². The number of ether oxygens (including phenoxy) is 1. The Bertz CT molecular complexity index is 942. The Morgan fingerprint density at radius 2 is 2.00 bits per heavy atom. The van der Waals surface area contributed by atoms with Gasteiger partial charge in [0.2, 0.25) is 0 Å². The standard InChI is InChI=1S/C21H22N4O2/c1-2-15-12-22-21(23-13-15)27-17-7-5-11-25(14-17)20(26)19-10-9-16-6-3-4-8-18(16)24-19/h3-4,6,8-10,12-13,17H,2,5,7,11,14H2,1H3. The maximum atomic E-state index is 12.9. The molecule has 4 rings (SSSR count). The minimum atomic E-state index is -0.101. The number of nitrogens with zero attached hydrogens (tertiary/aromatic N) is 4. The molecule has 6 heteroatoms. The molecule has 1 unspecified atom stereocenters. The Kier molecular flexibility index (Phi) is 4.96. The van der Waals surface area contributed by atoms with E-state index in [1.165, 1.54) is 0 Å². The van der Waals surface area contributed by atoms with Crippen LogP contribution >= 0.6 is 0 Å². The summed E-state index contributed by atoms with van der Waals surface area (Å²) in [5.74, 6) is -0.0590.